The molecule has 186 valence electrons. The van der Waals surface area contributed by atoms with Crippen LogP contribution in [0.15, 0.2) is 36.4 Å². The van der Waals surface area contributed by atoms with Gasteiger partial charge in [0.25, 0.3) is 5.91 Å². The summed E-state index contributed by atoms with van der Waals surface area (Å²) in [6, 6.07) is 11.1. The molecule has 1 N–H and O–H groups in total. The second-order valence-corrected chi connectivity index (χ2v) is 9.40. The average molecular weight is 471 g/mol. The van der Waals surface area contributed by atoms with Gasteiger partial charge in [-0.05, 0) is 74.9 Å². The second kappa shape index (κ2) is 12.3. The van der Waals surface area contributed by atoms with Gasteiger partial charge in [-0.25, -0.2) is 4.39 Å². The van der Waals surface area contributed by atoms with Crippen LogP contribution in [0.3, 0.4) is 0 Å². The number of hydrogen-bond acceptors (Lipinski definition) is 4. The van der Waals surface area contributed by atoms with Crippen LogP contribution < -0.4 is 10.1 Å². The molecule has 0 bridgehead atoms. The monoisotopic (exact) mass is 470 g/mol. The summed E-state index contributed by atoms with van der Waals surface area (Å²) in [5.74, 6) is 0.108. The Morgan fingerprint density at radius 1 is 1.12 bits per heavy atom. The highest BCUT2D eigenvalue weighted by atomic mass is 19.1. The smallest absolute Gasteiger partial charge is 0.254 e. The van der Waals surface area contributed by atoms with Crippen molar-refractivity contribution in [3.05, 3.63) is 64.5 Å². The predicted octanol–water partition coefficient (Wildman–Crippen LogP) is 5.42. The van der Waals surface area contributed by atoms with Gasteiger partial charge >= 0.3 is 0 Å². The van der Waals surface area contributed by atoms with Crippen LogP contribution in [0.1, 0.15) is 66.6 Å². The summed E-state index contributed by atoms with van der Waals surface area (Å²) in [6.07, 6.45) is 3.85. The summed E-state index contributed by atoms with van der Waals surface area (Å²) < 4.78 is 25.0. The molecule has 0 aliphatic carbocycles. The van der Waals surface area contributed by atoms with E-state index < -0.39 is 5.82 Å². The molecule has 2 aromatic rings. The van der Waals surface area contributed by atoms with Crippen LogP contribution in [0.2, 0.25) is 0 Å². The maximum Gasteiger partial charge on any atom is 0.254 e. The molecule has 6 heteroatoms. The highest BCUT2D eigenvalue weighted by molar-refractivity contribution is 5.94. The van der Waals surface area contributed by atoms with Crippen LogP contribution in [0, 0.1) is 19.7 Å². The van der Waals surface area contributed by atoms with Crippen molar-refractivity contribution in [3.63, 3.8) is 0 Å². The standard InChI is InChI=1S/C28H39FN2O3/c1-6-9-24-17-23(30-28(32)25-10-7-8-11-26(25)29)16-19(2)31(24)18-22-12-13-27(21(4)20(22)3)34-15-14-33-5/h7-8,10-13,19,23-24H,6,9,14-18H2,1-5H3,(H,30,32). The van der Waals surface area contributed by atoms with Crippen molar-refractivity contribution in [2.45, 2.75) is 78.0 Å². The fourth-order valence-corrected chi connectivity index (χ4v) is 5.01. The van der Waals surface area contributed by atoms with Gasteiger partial charge in [0.05, 0.1) is 12.2 Å². The number of ether oxygens (including phenoxy) is 2. The minimum Gasteiger partial charge on any atom is -0.491 e. The van der Waals surface area contributed by atoms with Crippen LogP contribution >= 0.6 is 0 Å². The number of methoxy groups -OCH3 is 1. The molecule has 0 aromatic heterocycles. The highest BCUT2D eigenvalue weighted by Gasteiger charge is 2.34. The first-order valence-corrected chi connectivity index (χ1v) is 12.4. The van der Waals surface area contributed by atoms with Gasteiger partial charge in [0.15, 0.2) is 0 Å². The largest absolute Gasteiger partial charge is 0.491 e. The van der Waals surface area contributed by atoms with Gasteiger partial charge in [0.2, 0.25) is 0 Å². The number of carbonyl (C=O) groups is 1. The van der Waals surface area contributed by atoms with Crippen LogP contribution in [0.5, 0.6) is 5.75 Å². The van der Waals surface area contributed by atoms with Gasteiger partial charge in [-0.1, -0.05) is 31.5 Å². The first-order valence-electron chi connectivity index (χ1n) is 12.4. The average Bonchev–Trinajstić information content (AvgIpc) is 2.80. The molecule has 3 unspecified atom stereocenters. The van der Waals surface area contributed by atoms with Crippen LogP contribution in [-0.4, -0.2) is 49.3 Å². The predicted molar refractivity (Wildman–Crippen MR) is 134 cm³/mol. The van der Waals surface area contributed by atoms with Gasteiger partial charge in [-0.3, -0.25) is 9.69 Å². The topological polar surface area (TPSA) is 50.8 Å². The minimum absolute atomic E-state index is 0.0364. The molecule has 1 heterocycles. The normalized spacial score (nSPS) is 20.8. The Morgan fingerprint density at radius 2 is 1.88 bits per heavy atom. The lowest BCUT2D eigenvalue weighted by molar-refractivity contribution is 0.0556. The zero-order chi connectivity index (χ0) is 24.7. The summed E-state index contributed by atoms with van der Waals surface area (Å²) >= 11 is 0. The molecule has 1 aliphatic rings. The Hall–Kier alpha value is -2.44. The Morgan fingerprint density at radius 3 is 2.59 bits per heavy atom. The number of likely N-dealkylation sites (tertiary alicyclic amines) is 1. The number of carbonyl (C=O) groups excluding carboxylic acids is 1. The number of benzene rings is 2. The van der Waals surface area contributed by atoms with Crippen LogP contribution in [0.25, 0.3) is 0 Å². The van der Waals surface area contributed by atoms with E-state index in [1.165, 1.54) is 22.8 Å². The van der Waals surface area contributed by atoms with E-state index in [1.807, 2.05) is 0 Å². The van der Waals surface area contributed by atoms with E-state index in [2.05, 4.69) is 50.0 Å². The molecular weight excluding hydrogens is 431 g/mol. The van der Waals surface area contributed by atoms with Gasteiger partial charge in [-0.2, -0.15) is 0 Å². The lowest BCUT2D eigenvalue weighted by Crippen LogP contribution is -2.53. The number of amides is 1. The lowest BCUT2D eigenvalue weighted by atomic mass is 9.88. The van der Waals surface area contributed by atoms with Gasteiger partial charge in [0.1, 0.15) is 18.2 Å². The Balaban J connectivity index is 1.70. The second-order valence-electron chi connectivity index (χ2n) is 9.40. The maximum atomic E-state index is 14.1. The molecule has 34 heavy (non-hydrogen) atoms. The molecule has 2 aromatic carbocycles. The zero-order valence-corrected chi connectivity index (χ0v) is 21.2. The van der Waals surface area contributed by atoms with Crippen molar-refractivity contribution in [2.75, 3.05) is 20.3 Å². The molecule has 0 radical (unpaired) electrons. The molecule has 1 saturated heterocycles. The maximum absolute atomic E-state index is 14.1. The lowest BCUT2D eigenvalue weighted by Gasteiger charge is -2.44. The number of nitrogens with one attached hydrogen (secondary N) is 1. The molecule has 3 rings (SSSR count). The number of nitrogens with zero attached hydrogens (tertiary/aromatic N) is 1. The van der Waals surface area contributed by atoms with Gasteiger partial charge < -0.3 is 14.8 Å². The van der Waals surface area contributed by atoms with E-state index >= 15 is 0 Å². The van der Waals surface area contributed by atoms with Crippen molar-refractivity contribution in [1.29, 1.82) is 0 Å². The fourth-order valence-electron chi connectivity index (χ4n) is 5.01. The number of rotatable bonds is 10. The quantitative estimate of drug-likeness (QED) is 0.471. The van der Waals surface area contributed by atoms with Crippen LogP contribution in [0.4, 0.5) is 4.39 Å². The minimum atomic E-state index is -0.476. The molecule has 1 fully saturated rings. The van der Waals surface area contributed by atoms with E-state index in [0.29, 0.717) is 25.3 Å². The van der Waals surface area contributed by atoms with E-state index in [0.717, 1.165) is 38.0 Å². The summed E-state index contributed by atoms with van der Waals surface area (Å²) in [7, 11) is 1.67. The van der Waals surface area contributed by atoms with E-state index in [1.54, 1.807) is 25.3 Å². The van der Waals surface area contributed by atoms with Crippen LogP contribution in [-0.2, 0) is 11.3 Å². The molecule has 1 aliphatic heterocycles. The van der Waals surface area contributed by atoms with E-state index in [-0.39, 0.29) is 17.5 Å². The summed E-state index contributed by atoms with van der Waals surface area (Å²) in [6.45, 7) is 10.7. The number of halogens is 1. The Kier molecular flexibility index (Phi) is 9.48. The molecule has 0 saturated carbocycles. The van der Waals surface area contributed by atoms with Crippen molar-refractivity contribution >= 4 is 5.91 Å². The Labute approximate surface area is 203 Å². The molecule has 0 spiro atoms. The van der Waals surface area contributed by atoms with Crippen molar-refractivity contribution in [1.82, 2.24) is 10.2 Å². The van der Waals surface area contributed by atoms with Gasteiger partial charge in [-0.15, -0.1) is 0 Å². The van der Waals surface area contributed by atoms with Crippen molar-refractivity contribution < 1.29 is 18.7 Å². The summed E-state index contributed by atoms with van der Waals surface area (Å²) in [4.78, 5) is 15.3. The highest BCUT2D eigenvalue weighted by Crippen LogP contribution is 2.31. The molecule has 3 atom stereocenters. The molecular formula is C28H39FN2O3. The van der Waals surface area contributed by atoms with Crippen molar-refractivity contribution in [2.24, 2.45) is 0 Å². The first kappa shape index (κ1) is 26.2. The SMILES string of the molecule is CCCC1CC(NC(=O)c2ccccc2F)CC(C)N1Cc1ccc(OCCOC)c(C)c1C. The fraction of sp³-hybridized carbons (Fsp3) is 0.536. The van der Waals surface area contributed by atoms with Gasteiger partial charge in [0, 0.05) is 31.8 Å². The zero-order valence-electron chi connectivity index (χ0n) is 21.2. The molecule has 1 amide bonds. The summed E-state index contributed by atoms with van der Waals surface area (Å²) in [5.41, 5.74) is 3.84. The molecule has 5 nitrogen and oxygen atoms in total. The third kappa shape index (κ3) is 6.36. The number of piperidine rings is 1. The number of hydrogen-bond donors (Lipinski definition) is 1. The first-order chi connectivity index (χ1) is 16.3. The van der Waals surface area contributed by atoms with Crippen molar-refractivity contribution in [3.8, 4) is 5.75 Å². The Bertz CT molecular complexity index is 965. The van der Waals surface area contributed by atoms with E-state index in [4.69, 9.17) is 9.47 Å². The third-order valence-electron chi connectivity index (χ3n) is 7.04. The van der Waals surface area contributed by atoms with E-state index in [9.17, 15) is 9.18 Å². The third-order valence-corrected chi connectivity index (χ3v) is 7.04. The summed E-state index contributed by atoms with van der Waals surface area (Å²) in [5, 5.41) is 3.10.